The Bertz CT molecular complexity index is 965. The molecule has 1 saturated heterocycles. The fraction of sp³-hybridized carbons (Fsp3) is 0.588. The van der Waals surface area contributed by atoms with Gasteiger partial charge in [0.25, 0.3) is 11.8 Å². The summed E-state index contributed by atoms with van der Waals surface area (Å²) in [5.74, 6) is -1.69. The summed E-state index contributed by atoms with van der Waals surface area (Å²) in [5, 5.41) is 12.3. The maximum absolute atomic E-state index is 13.4. The zero-order valence-electron chi connectivity index (χ0n) is 18.3. The predicted octanol–water partition coefficient (Wildman–Crippen LogP) is -1.33. The van der Waals surface area contributed by atoms with E-state index < -0.39 is 50.7 Å². The normalized spacial score (nSPS) is 19.3. The first kappa shape index (κ1) is 25.1. The van der Waals surface area contributed by atoms with Gasteiger partial charge in [-0.15, -0.1) is 0 Å². The molecular formula is C17H28N7O7S+. The number of ether oxygens (including phenoxy) is 1. The molecule has 0 aromatic carbocycles. The van der Waals surface area contributed by atoms with Gasteiger partial charge in [-0.25, -0.2) is 8.68 Å². The van der Waals surface area contributed by atoms with Crippen LogP contribution < -0.4 is 11.1 Å². The molecule has 15 heteroatoms. The Balaban J connectivity index is 2.36. The summed E-state index contributed by atoms with van der Waals surface area (Å²) in [6, 6.07) is -1.02. The first-order chi connectivity index (χ1) is 15.1. The van der Waals surface area contributed by atoms with Crippen LogP contribution in [0.4, 0.5) is 4.79 Å². The number of amides is 3. The third-order valence-electron chi connectivity index (χ3n) is 5.47. The average Bonchev–Trinajstić information content (AvgIpc) is 3.28. The molecule has 0 spiro atoms. The van der Waals surface area contributed by atoms with Crippen molar-refractivity contribution in [2.24, 2.45) is 10.9 Å². The molecule has 1 aromatic rings. The number of carbonyl (C=O) groups excluding carboxylic acids is 3. The van der Waals surface area contributed by atoms with Gasteiger partial charge in [0.15, 0.2) is 5.71 Å². The molecular weight excluding hydrogens is 446 g/mol. The van der Waals surface area contributed by atoms with Gasteiger partial charge in [-0.1, -0.05) is 5.16 Å². The van der Waals surface area contributed by atoms with Crippen molar-refractivity contribution in [1.29, 1.82) is 0 Å². The lowest BCUT2D eigenvalue weighted by molar-refractivity contribution is -0.803. The Morgan fingerprint density at radius 2 is 1.94 bits per heavy atom. The summed E-state index contributed by atoms with van der Waals surface area (Å²) in [5.41, 5.74) is 5.02. The van der Waals surface area contributed by atoms with E-state index in [1.165, 1.54) is 19.4 Å². The maximum atomic E-state index is 13.4. The van der Waals surface area contributed by atoms with E-state index in [0.717, 1.165) is 0 Å². The largest absolute Gasteiger partial charge is 0.447 e. The van der Waals surface area contributed by atoms with Crippen LogP contribution in [-0.4, -0.2) is 95.9 Å². The molecule has 4 N–H and O–H groups in total. The van der Waals surface area contributed by atoms with Gasteiger partial charge < -0.3 is 20.6 Å². The fourth-order valence-electron chi connectivity index (χ4n) is 3.54. The van der Waals surface area contributed by atoms with Crippen LogP contribution in [0.2, 0.25) is 0 Å². The molecule has 3 amide bonds. The lowest BCUT2D eigenvalue weighted by atomic mass is 9.99. The van der Waals surface area contributed by atoms with E-state index in [9.17, 15) is 22.8 Å². The molecule has 1 aromatic heterocycles. The van der Waals surface area contributed by atoms with E-state index in [1.807, 2.05) is 0 Å². The summed E-state index contributed by atoms with van der Waals surface area (Å²) >= 11 is 0. The van der Waals surface area contributed by atoms with Crippen LogP contribution in [0.25, 0.3) is 0 Å². The molecule has 0 saturated carbocycles. The lowest BCUT2D eigenvalue weighted by Gasteiger charge is -2.48. The van der Waals surface area contributed by atoms with Gasteiger partial charge in [0.2, 0.25) is 0 Å². The van der Waals surface area contributed by atoms with Crippen molar-refractivity contribution in [1.82, 2.24) is 19.8 Å². The highest BCUT2D eigenvalue weighted by molar-refractivity contribution is 7.84. The molecule has 0 aliphatic carbocycles. The van der Waals surface area contributed by atoms with E-state index in [2.05, 4.69) is 25.5 Å². The number of hydrogen-bond donors (Lipinski definition) is 3. The number of nitrogens with zero attached hydrogens (tertiary/aromatic N) is 4. The van der Waals surface area contributed by atoms with E-state index in [1.54, 1.807) is 20.8 Å². The predicted molar refractivity (Wildman–Crippen MR) is 111 cm³/mol. The molecule has 1 aliphatic rings. The van der Waals surface area contributed by atoms with E-state index >= 15 is 0 Å². The van der Waals surface area contributed by atoms with Crippen LogP contribution in [0.15, 0.2) is 17.4 Å². The van der Waals surface area contributed by atoms with Gasteiger partial charge in [-0.2, -0.15) is 17.8 Å². The monoisotopic (exact) mass is 474 g/mol. The molecule has 2 rings (SSSR count). The fourth-order valence-corrected chi connectivity index (χ4v) is 5.76. The number of nitrogens with two attached hydrogens (primary N) is 1. The minimum Gasteiger partial charge on any atom is -0.447 e. The summed E-state index contributed by atoms with van der Waals surface area (Å²) in [6.45, 7) is 5.20. The third-order valence-corrected chi connectivity index (χ3v) is 8.17. The lowest BCUT2D eigenvalue weighted by Crippen LogP contribution is -2.77. The van der Waals surface area contributed by atoms with Crippen LogP contribution in [-0.2, 0) is 29.4 Å². The second-order valence-corrected chi connectivity index (χ2v) is 8.92. The Labute approximate surface area is 185 Å². The van der Waals surface area contributed by atoms with Crippen LogP contribution in [0.3, 0.4) is 0 Å². The topological polar surface area (TPSA) is 186 Å². The first-order valence-electron chi connectivity index (χ1n) is 9.88. The van der Waals surface area contributed by atoms with Crippen LogP contribution in [0, 0.1) is 0 Å². The van der Waals surface area contributed by atoms with Crippen LogP contribution >= 0.6 is 0 Å². The molecule has 2 atom stereocenters. The number of oxime groups is 1. The van der Waals surface area contributed by atoms with Crippen molar-refractivity contribution in [3.05, 3.63) is 18.0 Å². The van der Waals surface area contributed by atoms with Crippen molar-refractivity contribution in [2.75, 3.05) is 33.4 Å². The summed E-state index contributed by atoms with van der Waals surface area (Å²) < 4.78 is 31.8. The molecule has 1 fully saturated rings. The highest BCUT2D eigenvalue weighted by Gasteiger charge is 2.60. The van der Waals surface area contributed by atoms with Gasteiger partial charge in [0.05, 0.1) is 25.3 Å². The molecule has 2 heterocycles. The number of aromatic amines is 1. The van der Waals surface area contributed by atoms with Gasteiger partial charge in [0, 0.05) is 6.20 Å². The number of aromatic nitrogens is 2. The van der Waals surface area contributed by atoms with Crippen LogP contribution in [0.5, 0.6) is 0 Å². The summed E-state index contributed by atoms with van der Waals surface area (Å²) in [7, 11) is -2.97. The van der Waals surface area contributed by atoms with Crippen molar-refractivity contribution in [2.45, 2.75) is 32.9 Å². The quantitative estimate of drug-likeness (QED) is 0.152. The van der Waals surface area contributed by atoms with Crippen molar-refractivity contribution in [3.8, 4) is 0 Å². The number of nitrogens with one attached hydrogen (secondary N) is 2. The van der Waals surface area contributed by atoms with Crippen molar-refractivity contribution >= 4 is 33.8 Å². The zero-order chi connectivity index (χ0) is 24.1. The standard InChI is InChI=1S/C17H27N7O7S/c1-5-24(6-2,7-3)32(28,29)23-12(10-31-17(18)27)14(16(23)26)20-15(25)13(22-30-4)11-8-9-19-21-11/h8-9,12,14H,5-7,10H2,1-4H3,(H3-,18,19,20,21,22,25,27)/p+1/t12-,14+/m1/s1. The molecule has 0 bridgehead atoms. The van der Waals surface area contributed by atoms with Crippen molar-refractivity contribution < 1.29 is 36.3 Å². The van der Waals surface area contributed by atoms with Crippen molar-refractivity contribution in [3.63, 3.8) is 0 Å². The summed E-state index contributed by atoms with van der Waals surface area (Å²) in [6.07, 6.45) is 0.241. The first-order valence-corrected chi connectivity index (χ1v) is 11.3. The van der Waals surface area contributed by atoms with Gasteiger partial charge in [0.1, 0.15) is 25.8 Å². The average molecular weight is 475 g/mol. The molecule has 1 aliphatic heterocycles. The smallest absolute Gasteiger partial charge is 0.404 e. The van der Waals surface area contributed by atoms with E-state index in [0.29, 0.717) is 4.31 Å². The van der Waals surface area contributed by atoms with Gasteiger partial charge >= 0.3 is 16.3 Å². The van der Waals surface area contributed by atoms with Crippen LogP contribution in [0.1, 0.15) is 26.5 Å². The summed E-state index contributed by atoms with van der Waals surface area (Å²) in [4.78, 5) is 41.5. The Hall–Kier alpha value is -3.20. The number of primary amides is 1. The number of hydrogen-bond acceptors (Lipinski definition) is 9. The molecule has 0 radical (unpaired) electrons. The number of H-pyrrole nitrogens is 1. The zero-order valence-corrected chi connectivity index (χ0v) is 19.1. The second kappa shape index (κ2) is 9.95. The SMILES string of the molecule is CC[N+](CC)(CC)S(=O)(=O)N1C(=O)[C@@H](NC(=O)C(=NOC)c2ccn[nH]2)[C@H]1COC(N)=O. The molecule has 0 unspecified atom stereocenters. The highest BCUT2D eigenvalue weighted by atomic mass is 32.2. The minimum absolute atomic E-state index is 0.212. The van der Waals surface area contributed by atoms with Gasteiger partial charge in [-0.3, -0.25) is 14.7 Å². The highest BCUT2D eigenvalue weighted by Crippen LogP contribution is 2.31. The Morgan fingerprint density at radius 1 is 1.31 bits per heavy atom. The molecule has 14 nitrogen and oxygen atoms in total. The Morgan fingerprint density at radius 3 is 2.41 bits per heavy atom. The molecule has 32 heavy (non-hydrogen) atoms. The number of carbonyl (C=O) groups is 3. The minimum atomic E-state index is -4.20. The number of β-lactam (4-membered cyclic amide) rings is 1. The van der Waals surface area contributed by atoms with E-state index in [-0.39, 0.29) is 31.0 Å². The number of rotatable bonds is 11. The third kappa shape index (κ3) is 4.38. The second-order valence-electron chi connectivity index (χ2n) is 6.86. The van der Waals surface area contributed by atoms with Gasteiger partial charge in [-0.05, 0) is 26.8 Å². The van der Waals surface area contributed by atoms with E-state index in [4.69, 9.17) is 10.5 Å². The Kier molecular flexibility index (Phi) is 7.79. The number of quaternary nitrogens is 1. The maximum Gasteiger partial charge on any atom is 0.404 e. The molecule has 178 valence electrons.